The van der Waals surface area contributed by atoms with Crippen molar-refractivity contribution >= 4 is 6.34 Å². The van der Waals surface area contributed by atoms with E-state index in [1.54, 1.807) is 18.7 Å². The van der Waals surface area contributed by atoms with E-state index in [4.69, 9.17) is 4.98 Å². The molecule has 23 heavy (non-hydrogen) atoms. The van der Waals surface area contributed by atoms with E-state index in [9.17, 15) is 0 Å². The molecule has 3 aromatic rings. The van der Waals surface area contributed by atoms with E-state index >= 15 is 0 Å². The molecule has 114 valence electrons. The van der Waals surface area contributed by atoms with Gasteiger partial charge in [-0.25, -0.2) is 9.97 Å². The largest absolute Gasteiger partial charge is 0.361 e. The Balaban J connectivity index is 1.92. The van der Waals surface area contributed by atoms with E-state index in [0.29, 0.717) is 4.59 Å². The van der Waals surface area contributed by atoms with Gasteiger partial charge in [0.25, 0.3) is 0 Å². The summed E-state index contributed by atoms with van der Waals surface area (Å²) in [5.41, 5.74) is 0.828. The highest BCUT2D eigenvalue weighted by atomic mass is 15.7. The highest BCUT2D eigenvalue weighted by Gasteiger charge is 2.34. The molecule has 7 heteroatoms. The maximum Gasteiger partial charge on any atom is 0.361 e. The van der Waals surface area contributed by atoms with Gasteiger partial charge < -0.3 is 0 Å². The third-order valence-corrected chi connectivity index (χ3v) is 3.82. The van der Waals surface area contributed by atoms with Crippen molar-refractivity contribution in [3.63, 3.8) is 0 Å². The van der Waals surface area contributed by atoms with Gasteiger partial charge in [-0.05, 0) is 12.1 Å². The maximum absolute atomic E-state index is 4.77. The first-order valence-corrected chi connectivity index (χ1v) is 7.29. The smallest absolute Gasteiger partial charge is 0.289 e. The number of imidazole rings is 2. The molecular formula is C16H17N7+2. The van der Waals surface area contributed by atoms with Crippen LogP contribution in [-0.4, -0.2) is 49.2 Å². The van der Waals surface area contributed by atoms with Crippen LogP contribution in [0.1, 0.15) is 0 Å². The van der Waals surface area contributed by atoms with E-state index in [0.717, 1.165) is 17.3 Å². The second-order valence-corrected chi connectivity index (χ2v) is 5.63. The normalized spacial score (nSPS) is 20.0. The molecule has 1 unspecified atom stereocenters. The summed E-state index contributed by atoms with van der Waals surface area (Å²) in [6, 6.07) is 5.83. The number of aromatic nitrogens is 5. The minimum Gasteiger partial charge on any atom is -0.289 e. The van der Waals surface area contributed by atoms with Crippen LogP contribution < -0.4 is 4.59 Å². The molecular weight excluding hydrogens is 290 g/mol. The first-order chi connectivity index (χ1) is 11.2. The molecule has 4 heterocycles. The Morgan fingerprint density at radius 2 is 2.13 bits per heavy atom. The molecule has 4 rings (SSSR count). The van der Waals surface area contributed by atoms with Gasteiger partial charge in [0, 0.05) is 18.6 Å². The Kier molecular flexibility index (Phi) is 2.95. The number of rotatable bonds is 3. The zero-order valence-electron chi connectivity index (χ0n) is 13.0. The Morgan fingerprint density at radius 1 is 1.22 bits per heavy atom. The molecule has 1 aliphatic rings. The predicted molar refractivity (Wildman–Crippen MR) is 87.4 cm³/mol. The summed E-state index contributed by atoms with van der Waals surface area (Å²) in [5.74, 6) is 1.60. The number of quaternary nitrogens is 1. The molecule has 0 saturated heterocycles. The van der Waals surface area contributed by atoms with Crippen LogP contribution in [0.5, 0.6) is 0 Å². The SMILES string of the molecule is C[N+]1=C[N+](C)(n2cc(-n3ccnc3)nc2-c2ccccn2)C=C1. The average molecular weight is 307 g/mol. The van der Waals surface area contributed by atoms with Crippen LogP contribution in [0.25, 0.3) is 17.3 Å². The zero-order valence-corrected chi connectivity index (χ0v) is 13.0. The van der Waals surface area contributed by atoms with Crippen LogP contribution in [0, 0.1) is 0 Å². The monoisotopic (exact) mass is 307 g/mol. The second kappa shape index (κ2) is 4.99. The van der Waals surface area contributed by atoms with Gasteiger partial charge in [-0.2, -0.15) is 9.25 Å². The standard InChI is InChI=1S/C16H17N7/c1-20-9-10-23(2,13-20)22-11-15(21-8-7-17-12-21)19-16(22)14-5-3-4-6-18-14/h3-13H,1-2H3/q+2. The Hall–Kier alpha value is -3.06. The molecule has 7 nitrogen and oxygen atoms in total. The number of hydrogen-bond acceptors (Lipinski definition) is 3. The van der Waals surface area contributed by atoms with Crippen LogP contribution in [0.3, 0.4) is 0 Å². The molecule has 0 bridgehead atoms. The van der Waals surface area contributed by atoms with Crippen molar-refractivity contribution in [3.8, 4) is 17.3 Å². The molecule has 0 spiro atoms. The van der Waals surface area contributed by atoms with Crippen molar-refractivity contribution in [2.45, 2.75) is 0 Å². The summed E-state index contributed by atoms with van der Waals surface area (Å²) in [6.45, 7) is 0. The highest BCUT2D eigenvalue weighted by molar-refractivity contribution is 5.64. The van der Waals surface area contributed by atoms with Crippen LogP contribution >= 0.6 is 0 Å². The third-order valence-electron chi connectivity index (χ3n) is 3.82. The Morgan fingerprint density at radius 3 is 2.78 bits per heavy atom. The quantitative estimate of drug-likeness (QED) is 0.542. The van der Waals surface area contributed by atoms with E-state index in [1.807, 2.05) is 53.0 Å². The minimum absolute atomic E-state index is 0.462. The van der Waals surface area contributed by atoms with Crippen LogP contribution in [0.4, 0.5) is 0 Å². The predicted octanol–water partition coefficient (Wildman–Crippen LogP) is 1.35. The molecule has 0 amide bonds. The first kappa shape index (κ1) is 13.6. The van der Waals surface area contributed by atoms with Crippen molar-refractivity contribution in [1.29, 1.82) is 0 Å². The summed E-state index contributed by atoms with van der Waals surface area (Å²) in [6.07, 6.45) is 15.4. The molecule has 1 aliphatic heterocycles. The van der Waals surface area contributed by atoms with Gasteiger partial charge in [-0.1, -0.05) is 6.07 Å². The van der Waals surface area contributed by atoms with E-state index < -0.39 is 0 Å². The lowest BCUT2D eigenvalue weighted by atomic mass is 10.3. The molecule has 0 radical (unpaired) electrons. The van der Waals surface area contributed by atoms with Crippen molar-refractivity contribution in [2.24, 2.45) is 0 Å². The van der Waals surface area contributed by atoms with E-state index in [1.165, 1.54) is 0 Å². The van der Waals surface area contributed by atoms with Crippen molar-refractivity contribution in [1.82, 2.24) is 28.8 Å². The molecule has 0 aliphatic carbocycles. The fraction of sp³-hybridized carbons (Fsp3) is 0.125. The van der Waals surface area contributed by atoms with Crippen molar-refractivity contribution in [2.75, 3.05) is 14.1 Å². The fourth-order valence-corrected chi connectivity index (χ4v) is 2.69. The fourth-order valence-electron chi connectivity index (χ4n) is 2.69. The van der Waals surface area contributed by atoms with Gasteiger partial charge in [0.1, 0.15) is 32.3 Å². The van der Waals surface area contributed by atoms with Crippen LogP contribution in [0.2, 0.25) is 0 Å². The van der Waals surface area contributed by atoms with Crippen molar-refractivity contribution < 1.29 is 4.58 Å². The van der Waals surface area contributed by atoms with Gasteiger partial charge in [0.15, 0.2) is 12.0 Å². The summed E-state index contributed by atoms with van der Waals surface area (Å²) in [4.78, 5) is 13.3. The summed E-state index contributed by atoms with van der Waals surface area (Å²) in [5, 5.41) is 0. The number of pyridine rings is 1. The van der Waals surface area contributed by atoms with E-state index in [-0.39, 0.29) is 0 Å². The van der Waals surface area contributed by atoms with Crippen molar-refractivity contribution in [3.05, 3.63) is 61.7 Å². The molecule has 0 saturated carbocycles. The molecule has 1 atom stereocenters. The molecule has 0 aromatic carbocycles. The number of hydrogen-bond donors (Lipinski definition) is 0. The second-order valence-electron chi connectivity index (χ2n) is 5.63. The zero-order chi connectivity index (χ0) is 15.9. The molecule has 0 fully saturated rings. The van der Waals surface area contributed by atoms with E-state index in [2.05, 4.69) is 34.2 Å². The lowest BCUT2D eigenvalue weighted by Crippen LogP contribution is -2.47. The third kappa shape index (κ3) is 2.27. The summed E-state index contributed by atoms with van der Waals surface area (Å²) < 4.78 is 6.46. The minimum atomic E-state index is 0.462. The van der Waals surface area contributed by atoms with Gasteiger partial charge in [0.2, 0.25) is 12.0 Å². The van der Waals surface area contributed by atoms with Gasteiger partial charge in [-0.15, -0.1) is 4.59 Å². The maximum atomic E-state index is 4.77. The summed E-state index contributed by atoms with van der Waals surface area (Å²) >= 11 is 0. The topological polar surface area (TPSA) is 51.5 Å². The van der Waals surface area contributed by atoms with Crippen LogP contribution in [0.15, 0.2) is 61.7 Å². The van der Waals surface area contributed by atoms with Gasteiger partial charge in [0.05, 0.1) is 0 Å². The highest BCUT2D eigenvalue weighted by Crippen LogP contribution is 2.22. The van der Waals surface area contributed by atoms with Crippen LogP contribution in [-0.2, 0) is 0 Å². The summed E-state index contributed by atoms with van der Waals surface area (Å²) in [7, 11) is 4.10. The average Bonchev–Trinajstić information content (AvgIpc) is 3.27. The van der Waals surface area contributed by atoms with Gasteiger partial charge >= 0.3 is 6.34 Å². The lowest BCUT2D eigenvalue weighted by molar-refractivity contribution is -0.415. The van der Waals surface area contributed by atoms with Gasteiger partial charge in [-0.3, -0.25) is 9.55 Å². The molecule has 0 N–H and O–H groups in total. The number of nitrogens with zero attached hydrogens (tertiary/aromatic N) is 7. The first-order valence-electron chi connectivity index (χ1n) is 7.29. The molecule has 3 aromatic heterocycles. The Labute approximate surface area is 133 Å². The lowest BCUT2D eigenvalue weighted by Gasteiger charge is -2.20. The Bertz CT molecular complexity index is 890.